The van der Waals surface area contributed by atoms with Crippen molar-refractivity contribution in [3.05, 3.63) is 107 Å². The third-order valence-electron chi connectivity index (χ3n) is 5.94. The summed E-state index contributed by atoms with van der Waals surface area (Å²) >= 11 is 1.70. The molecule has 1 N–H and O–H groups in total. The van der Waals surface area contributed by atoms with Gasteiger partial charge in [0.15, 0.2) is 0 Å². The van der Waals surface area contributed by atoms with Crippen molar-refractivity contribution in [3.63, 3.8) is 0 Å². The zero-order valence-corrected chi connectivity index (χ0v) is 21.7. The Balaban J connectivity index is 1.77. The van der Waals surface area contributed by atoms with Gasteiger partial charge in [-0.1, -0.05) is 86.1 Å². The molecule has 0 aromatic heterocycles. The van der Waals surface area contributed by atoms with E-state index in [0.29, 0.717) is 25.1 Å². The predicted molar refractivity (Wildman–Crippen MR) is 146 cm³/mol. The molecule has 4 nitrogen and oxygen atoms in total. The Hall–Kier alpha value is -3.12. The van der Waals surface area contributed by atoms with Crippen LogP contribution in [0.2, 0.25) is 0 Å². The minimum absolute atomic E-state index is 0.0774. The van der Waals surface area contributed by atoms with Crippen LogP contribution >= 0.6 is 11.8 Å². The summed E-state index contributed by atoms with van der Waals surface area (Å²) < 4.78 is 13.5. The molecule has 0 heterocycles. The standard InChI is InChI=1S/C30H35FN2O2S/c1-2-3-19-32-30(35)28(21-24-10-6-4-7-11-24)33(22-25-14-16-27(31)17-15-25)29(34)18-20-36-23-26-12-8-5-9-13-26/h4-17,28H,2-3,18-23H2,1H3,(H,32,35). The van der Waals surface area contributed by atoms with Gasteiger partial charge in [0.2, 0.25) is 11.8 Å². The molecule has 3 rings (SSSR count). The van der Waals surface area contributed by atoms with Crippen LogP contribution in [0.4, 0.5) is 4.39 Å². The molecule has 1 unspecified atom stereocenters. The highest BCUT2D eigenvalue weighted by atomic mass is 32.2. The quantitative estimate of drug-likeness (QED) is 0.273. The Labute approximate surface area is 218 Å². The first kappa shape index (κ1) is 27.5. The fourth-order valence-corrected chi connectivity index (χ4v) is 4.81. The van der Waals surface area contributed by atoms with E-state index in [1.165, 1.54) is 17.7 Å². The molecule has 36 heavy (non-hydrogen) atoms. The first-order chi connectivity index (χ1) is 17.6. The number of amides is 2. The molecule has 0 spiro atoms. The van der Waals surface area contributed by atoms with Crippen molar-refractivity contribution in [1.29, 1.82) is 0 Å². The molecule has 3 aromatic carbocycles. The summed E-state index contributed by atoms with van der Waals surface area (Å²) in [6.45, 7) is 2.90. The third-order valence-corrected chi connectivity index (χ3v) is 6.97. The number of rotatable bonds is 14. The van der Waals surface area contributed by atoms with Gasteiger partial charge in [-0.25, -0.2) is 4.39 Å². The second-order valence-electron chi connectivity index (χ2n) is 8.79. The second-order valence-corrected chi connectivity index (χ2v) is 9.89. The SMILES string of the molecule is CCCCNC(=O)C(Cc1ccccc1)N(Cc1ccc(F)cc1)C(=O)CCSCc1ccccc1. The van der Waals surface area contributed by atoms with Crippen LogP contribution in [0, 0.1) is 5.82 Å². The lowest BCUT2D eigenvalue weighted by Crippen LogP contribution is -2.50. The lowest BCUT2D eigenvalue weighted by Gasteiger charge is -2.31. The van der Waals surface area contributed by atoms with E-state index in [9.17, 15) is 14.0 Å². The second kappa shape index (κ2) is 15.1. The summed E-state index contributed by atoms with van der Waals surface area (Å²) in [5.74, 6) is 0.929. The van der Waals surface area contributed by atoms with Crippen molar-refractivity contribution in [2.45, 2.75) is 50.9 Å². The Bertz CT molecular complexity index is 1060. The summed E-state index contributed by atoms with van der Waals surface area (Å²) in [4.78, 5) is 28.6. The molecule has 2 amide bonds. The summed E-state index contributed by atoms with van der Waals surface area (Å²) in [6.07, 6.45) is 2.60. The molecule has 0 aliphatic carbocycles. The molecule has 0 saturated heterocycles. The van der Waals surface area contributed by atoms with E-state index in [-0.39, 0.29) is 24.2 Å². The molecule has 190 valence electrons. The van der Waals surface area contributed by atoms with E-state index in [1.807, 2.05) is 48.5 Å². The molecule has 3 aromatic rings. The van der Waals surface area contributed by atoms with Gasteiger partial charge in [0.25, 0.3) is 0 Å². The largest absolute Gasteiger partial charge is 0.354 e. The van der Waals surface area contributed by atoms with Crippen molar-refractivity contribution >= 4 is 23.6 Å². The molecular weight excluding hydrogens is 471 g/mol. The molecule has 6 heteroatoms. The highest BCUT2D eigenvalue weighted by Gasteiger charge is 2.30. The van der Waals surface area contributed by atoms with Gasteiger partial charge in [0.1, 0.15) is 11.9 Å². The minimum atomic E-state index is -0.652. The highest BCUT2D eigenvalue weighted by molar-refractivity contribution is 7.98. The summed E-state index contributed by atoms with van der Waals surface area (Å²) in [5, 5.41) is 3.02. The van der Waals surface area contributed by atoms with E-state index in [2.05, 4.69) is 24.4 Å². The van der Waals surface area contributed by atoms with Crippen LogP contribution in [0.5, 0.6) is 0 Å². The van der Waals surface area contributed by atoms with Gasteiger partial charge in [-0.3, -0.25) is 9.59 Å². The van der Waals surface area contributed by atoms with Gasteiger partial charge >= 0.3 is 0 Å². The lowest BCUT2D eigenvalue weighted by molar-refractivity contribution is -0.141. The Morgan fingerprint density at radius 1 is 0.889 bits per heavy atom. The Morgan fingerprint density at radius 2 is 1.53 bits per heavy atom. The average Bonchev–Trinajstić information content (AvgIpc) is 2.91. The van der Waals surface area contributed by atoms with E-state index in [0.717, 1.165) is 29.7 Å². The number of carbonyl (C=O) groups is 2. The monoisotopic (exact) mass is 506 g/mol. The zero-order valence-electron chi connectivity index (χ0n) is 20.9. The van der Waals surface area contributed by atoms with E-state index in [4.69, 9.17) is 0 Å². The fourth-order valence-electron chi connectivity index (χ4n) is 3.91. The number of carbonyl (C=O) groups excluding carboxylic acids is 2. The number of nitrogens with one attached hydrogen (secondary N) is 1. The van der Waals surface area contributed by atoms with Crippen molar-refractivity contribution in [3.8, 4) is 0 Å². The van der Waals surface area contributed by atoms with Crippen molar-refractivity contribution < 1.29 is 14.0 Å². The van der Waals surface area contributed by atoms with Crippen LogP contribution in [0.3, 0.4) is 0 Å². The maximum Gasteiger partial charge on any atom is 0.243 e. The lowest BCUT2D eigenvalue weighted by atomic mass is 10.0. The van der Waals surface area contributed by atoms with Crippen molar-refractivity contribution in [2.75, 3.05) is 12.3 Å². The summed E-state index contributed by atoms with van der Waals surface area (Å²) in [6, 6.07) is 25.4. The summed E-state index contributed by atoms with van der Waals surface area (Å²) in [7, 11) is 0. The number of unbranched alkanes of at least 4 members (excludes halogenated alkanes) is 1. The minimum Gasteiger partial charge on any atom is -0.354 e. The first-order valence-electron chi connectivity index (χ1n) is 12.5. The van der Waals surface area contributed by atoms with Crippen molar-refractivity contribution in [2.24, 2.45) is 0 Å². The topological polar surface area (TPSA) is 49.4 Å². The molecule has 0 radical (unpaired) electrons. The molecule has 0 fully saturated rings. The van der Waals surface area contributed by atoms with Crippen LogP contribution < -0.4 is 5.32 Å². The van der Waals surface area contributed by atoms with Gasteiger partial charge < -0.3 is 10.2 Å². The van der Waals surface area contributed by atoms with E-state index >= 15 is 0 Å². The van der Waals surface area contributed by atoms with Crippen LogP contribution in [-0.4, -0.2) is 35.1 Å². The van der Waals surface area contributed by atoms with Gasteiger partial charge in [0, 0.05) is 37.4 Å². The molecule has 0 aliphatic heterocycles. The fraction of sp³-hybridized carbons (Fsp3) is 0.333. The number of nitrogens with zero attached hydrogens (tertiary/aromatic N) is 1. The Morgan fingerprint density at radius 3 is 2.17 bits per heavy atom. The number of thioether (sulfide) groups is 1. The predicted octanol–water partition coefficient (Wildman–Crippen LogP) is 6.01. The van der Waals surface area contributed by atoms with Gasteiger partial charge in [-0.2, -0.15) is 11.8 Å². The first-order valence-corrected chi connectivity index (χ1v) is 13.7. The maximum atomic E-state index is 13.6. The Kier molecular flexibility index (Phi) is 11.5. The molecule has 0 aliphatic rings. The van der Waals surface area contributed by atoms with Crippen molar-refractivity contribution in [1.82, 2.24) is 10.2 Å². The molecule has 0 saturated carbocycles. The smallest absolute Gasteiger partial charge is 0.243 e. The number of halogens is 1. The van der Waals surface area contributed by atoms with Gasteiger partial charge in [0.05, 0.1) is 0 Å². The van der Waals surface area contributed by atoms with E-state index in [1.54, 1.807) is 28.8 Å². The molecule has 1 atom stereocenters. The van der Waals surface area contributed by atoms with E-state index < -0.39 is 6.04 Å². The number of hydrogen-bond acceptors (Lipinski definition) is 3. The van der Waals surface area contributed by atoms with Crippen LogP contribution in [0.15, 0.2) is 84.9 Å². The zero-order chi connectivity index (χ0) is 25.6. The van der Waals surface area contributed by atoms with Gasteiger partial charge in [-0.05, 0) is 35.2 Å². The summed E-state index contributed by atoms with van der Waals surface area (Å²) in [5.41, 5.74) is 3.00. The highest BCUT2D eigenvalue weighted by Crippen LogP contribution is 2.19. The van der Waals surface area contributed by atoms with Crippen LogP contribution in [0.1, 0.15) is 42.9 Å². The average molecular weight is 507 g/mol. The van der Waals surface area contributed by atoms with Gasteiger partial charge in [-0.15, -0.1) is 0 Å². The number of benzene rings is 3. The van der Waals surface area contributed by atoms with Crippen LogP contribution in [0.25, 0.3) is 0 Å². The molecule has 0 bridgehead atoms. The normalized spacial score (nSPS) is 11.6. The molecular formula is C30H35FN2O2S. The third kappa shape index (κ3) is 9.15. The van der Waals surface area contributed by atoms with Crippen LogP contribution in [-0.2, 0) is 28.3 Å². The number of hydrogen-bond donors (Lipinski definition) is 1. The maximum absolute atomic E-state index is 13.6.